The molecule has 2 aromatic heterocycles. The molecule has 0 aromatic carbocycles. The SMILES string of the molecule is Cc1nc(C2CCN(c3cc(Cl)n[nH]c3=O)C2)n[nH]1. The van der Waals surface area contributed by atoms with Crippen molar-refractivity contribution in [3.05, 3.63) is 33.2 Å². The number of anilines is 1. The molecule has 0 amide bonds. The number of rotatable bonds is 2. The van der Waals surface area contributed by atoms with Crippen LogP contribution in [0, 0.1) is 6.92 Å². The highest BCUT2D eigenvalue weighted by Gasteiger charge is 2.28. The molecule has 1 unspecified atom stereocenters. The number of aryl methyl sites for hydroxylation is 1. The fraction of sp³-hybridized carbons (Fsp3) is 0.455. The number of aromatic amines is 2. The third-order valence-corrected chi connectivity index (χ3v) is 3.45. The van der Waals surface area contributed by atoms with E-state index in [-0.39, 0.29) is 16.6 Å². The second-order valence-electron chi connectivity index (χ2n) is 4.62. The summed E-state index contributed by atoms with van der Waals surface area (Å²) in [7, 11) is 0. The van der Waals surface area contributed by atoms with Gasteiger partial charge in [-0.2, -0.15) is 10.2 Å². The van der Waals surface area contributed by atoms with Crippen LogP contribution in [-0.4, -0.2) is 38.5 Å². The van der Waals surface area contributed by atoms with Gasteiger partial charge in [-0.05, 0) is 13.3 Å². The summed E-state index contributed by atoms with van der Waals surface area (Å²) in [6.07, 6.45) is 0.913. The van der Waals surface area contributed by atoms with Gasteiger partial charge in [-0.15, -0.1) is 0 Å². The topological polar surface area (TPSA) is 90.6 Å². The molecule has 1 aliphatic rings. The fourth-order valence-electron chi connectivity index (χ4n) is 2.34. The number of hydrogen-bond acceptors (Lipinski definition) is 5. The minimum atomic E-state index is -0.226. The number of aromatic nitrogens is 5. The van der Waals surface area contributed by atoms with Crippen molar-refractivity contribution in [2.75, 3.05) is 18.0 Å². The zero-order valence-corrected chi connectivity index (χ0v) is 11.1. The number of H-pyrrole nitrogens is 2. The average Bonchev–Trinajstić information content (AvgIpc) is 3.00. The van der Waals surface area contributed by atoms with Crippen molar-refractivity contribution >= 4 is 17.3 Å². The van der Waals surface area contributed by atoms with Gasteiger partial charge in [0.15, 0.2) is 11.0 Å². The summed E-state index contributed by atoms with van der Waals surface area (Å²) in [5.41, 5.74) is 0.325. The van der Waals surface area contributed by atoms with Crippen molar-refractivity contribution < 1.29 is 0 Å². The van der Waals surface area contributed by atoms with E-state index in [0.29, 0.717) is 12.2 Å². The van der Waals surface area contributed by atoms with Gasteiger partial charge < -0.3 is 4.90 Å². The standard InChI is InChI=1S/C11H13ClN6O/c1-6-13-10(16-14-6)7-2-3-18(5-7)8-4-9(12)15-17-11(8)19/h4,7H,2-3,5H2,1H3,(H,17,19)(H,13,14,16). The Bertz CT molecular complexity index is 651. The molecule has 1 atom stereocenters. The monoisotopic (exact) mass is 280 g/mol. The van der Waals surface area contributed by atoms with E-state index in [1.807, 2.05) is 11.8 Å². The van der Waals surface area contributed by atoms with Crippen LogP contribution >= 0.6 is 11.6 Å². The van der Waals surface area contributed by atoms with Crippen LogP contribution in [-0.2, 0) is 0 Å². The lowest BCUT2D eigenvalue weighted by Crippen LogP contribution is -2.27. The molecule has 2 N–H and O–H groups in total. The number of nitrogens with one attached hydrogen (secondary N) is 2. The summed E-state index contributed by atoms with van der Waals surface area (Å²) < 4.78 is 0. The van der Waals surface area contributed by atoms with Crippen LogP contribution in [0.1, 0.15) is 24.0 Å². The van der Waals surface area contributed by atoms with Crippen LogP contribution < -0.4 is 10.5 Å². The predicted octanol–water partition coefficient (Wildman–Crippen LogP) is 0.844. The first-order valence-electron chi connectivity index (χ1n) is 6.02. The van der Waals surface area contributed by atoms with Gasteiger partial charge in [0, 0.05) is 25.1 Å². The lowest BCUT2D eigenvalue weighted by Gasteiger charge is -2.16. The maximum absolute atomic E-state index is 11.7. The zero-order chi connectivity index (χ0) is 13.4. The zero-order valence-electron chi connectivity index (χ0n) is 10.4. The molecule has 1 aliphatic heterocycles. The van der Waals surface area contributed by atoms with Crippen LogP contribution in [0.15, 0.2) is 10.9 Å². The highest BCUT2D eigenvalue weighted by atomic mass is 35.5. The van der Waals surface area contributed by atoms with Gasteiger partial charge >= 0.3 is 0 Å². The van der Waals surface area contributed by atoms with Crippen molar-refractivity contribution in [3.63, 3.8) is 0 Å². The quantitative estimate of drug-likeness (QED) is 0.851. The normalized spacial score (nSPS) is 19.1. The third kappa shape index (κ3) is 2.33. The van der Waals surface area contributed by atoms with Crippen LogP contribution in [0.4, 0.5) is 5.69 Å². The lowest BCUT2D eigenvalue weighted by atomic mass is 10.1. The van der Waals surface area contributed by atoms with Gasteiger partial charge in [-0.25, -0.2) is 10.1 Å². The summed E-state index contributed by atoms with van der Waals surface area (Å²) >= 11 is 5.81. The summed E-state index contributed by atoms with van der Waals surface area (Å²) in [5.74, 6) is 1.84. The number of halogens is 1. The molecule has 0 radical (unpaired) electrons. The van der Waals surface area contributed by atoms with E-state index in [9.17, 15) is 4.79 Å². The predicted molar refractivity (Wildman–Crippen MR) is 70.6 cm³/mol. The lowest BCUT2D eigenvalue weighted by molar-refractivity contribution is 0.713. The Morgan fingerprint density at radius 3 is 3.00 bits per heavy atom. The average molecular weight is 281 g/mol. The van der Waals surface area contributed by atoms with Crippen molar-refractivity contribution in [1.82, 2.24) is 25.4 Å². The molecule has 7 nitrogen and oxygen atoms in total. The number of hydrogen-bond donors (Lipinski definition) is 2. The maximum Gasteiger partial charge on any atom is 0.287 e. The Kier molecular flexibility index (Phi) is 2.98. The Labute approximate surface area is 114 Å². The molecule has 2 aromatic rings. The van der Waals surface area contributed by atoms with Crippen LogP contribution in [0.25, 0.3) is 0 Å². The molecule has 8 heteroatoms. The van der Waals surface area contributed by atoms with Gasteiger partial charge in [0.2, 0.25) is 0 Å². The molecule has 1 saturated heterocycles. The Morgan fingerprint density at radius 2 is 2.26 bits per heavy atom. The second-order valence-corrected chi connectivity index (χ2v) is 5.00. The molecule has 3 heterocycles. The molecular weight excluding hydrogens is 268 g/mol. The Balaban J connectivity index is 1.82. The summed E-state index contributed by atoms with van der Waals surface area (Å²) in [6, 6.07) is 1.59. The highest BCUT2D eigenvalue weighted by molar-refractivity contribution is 6.29. The van der Waals surface area contributed by atoms with E-state index in [1.54, 1.807) is 6.07 Å². The molecule has 3 rings (SSSR count). The van der Waals surface area contributed by atoms with E-state index >= 15 is 0 Å². The fourth-order valence-corrected chi connectivity index (χ4v) is 2.48. The van der Waals surface area contributed by atoms with Crippen LogP contribution in [0.3, 0.4) is 0 Å². The second kappa shape index (κ2) is 4.65. The minimum absolute atomic E-state index is 0.226. The van der Waals surface area contributed by atoms with Crippen molar-refractivity contribution in [1.29, 1.82) is 0 Å². The Morgan fingerprint density at radius 1 is 1.42 bits per heavy atom. The minimum Gasteiger partial charge on any atom is -0.366 e. The van der Waals surface area contributed by atoms with Gasteiger partial charge in [0.1, 0.15) is 11.5 Å². The summed E-state index contributed by atoms with van der Waals surface area (Å²) in [4.78, 5) is 18.1. The molecule has 0 bridgehead atoms. The van der Waals surface area contributed by atoms with Crippen molar-refractivity contribution in [2.45, 2.75) is 19.3 Å². The molecule has 1 fully saturated rings. The van der Waals surface area contributed by atoms with Gasteiger partial charge in [-0.3, -0.25) is 9.89 Å². The molecule has 0 saturated carbocycles. The first kappa shape index (κ1) is 12.2. The van der Waals surface area contributed by atoms with Crippen molar-refractivity contribution in [3.8, 4) is 0 Å². The van der Waals surface area contributed by atoms with Crippen LogP contribution in [0.5, 0.6) is 0 Å². The molecule has 19 heavy (non-hydrogen) atoms. The first-order valence-corrected chi connectivity index (χ1v) is 6.40. The van der Waals surface area contributed by atoms with E-state index < -0.39 is 0 Å². The van der Waals surface area contributed by atoms with E-state index in [1.165, 1.54) is 0 Å². The van der Waals surface area contributed by atoms with Gasteiger partial charge in [-0.1, -0.05) is 11.6 Å². The largest absolute Gasteiger partial charge is 0.366 e. The molecule has 100 valence electrons. The Hall–Kier alpha value is -1.89. The first-order chi connectivity index (χ1) is 9.13. The van der Waals surface area contributed by atoms with Gasteiger partial charge in [0.25, 0.3) is 5.56 Å². The summed E-state index contributed by atoms with van der Waals surface area (Å²) in [6.45, 7) is 3.36. The maximum atomic E-state index is 11.7. The molecule has 0 aliphatic carbocycles. The molecule has 0 spiro atoms. The van der Waals surface area contributed by atoms with E-state index in [4.69, 9.17) is 11.6 Å². The molecular formula is C11H13ClN6O. The number of nitrogens with zero attached hydrogens (tertiary/aromatic N) is 4. The summed E-state index contributed by atoms with van der Waals surface area (Å²) in [5, 5.41) is 13.4. The van der Waals surface area contributed by atoms with Gasteiger partial charge in [0.05, 0.1) is 0 Å². The van der Waals surface area contributed by atoms with E-state index in [2.05, 4.69) is 25.4 Å². The van der Waals surface area contributed by atoms with Crippen molar-refractivity contribution in [2.24, 2.45) is 0 Å². The van der Waals surface area contributed by atoms with Crippen LogP contribution in [0.2, 0.25) is 5.15 Å². The van der Waals surface area contributed by atoms with E-state index in [0.717, 1.165) is 24.6 Å². The third-order valence-electron chi connectivity index (χ3n) is 3.26. The highest BCUT2D eigenvalue weighted by Crippen LogP contribution is 2.27. The smallest absolute Gasteiger partial charge is 0.287 e.